The molecular weight excluding hydrogens is 410 g/mol. The zero-order chi connectivity index (χ0) is 16.2. The Labute approximate surface area is 139 Å². The van der Waals surface area contributed by atoms with Crippen LogP contribution in [0.5, 0.6) is 11.5 Å². The molecule has 0 aromatic heterocycles. The standard InChI is InChI=1S/C8H8BrFO.C7H6BrFO/c1-5-3-7(10)8(11-2)4-6(5)9;1-4-2-6(9)7(10)3-5(4)8/h3-4H,1-2H3;2-3,10H,1H3. The second-order valence-electron chi connectivity index (χ2n) is 4.29. The Kier molecular flexibility index (Phi) is 6.61. The van der Waals surface area contributed by atoms with Gasteiger partial charge in [-0.25, -0.2) is 8.78 Å². The van der Waals surface area contributed by atoms with Crippen LogP contribution in [0.25, 0.3) is 0 Å². The molecule has 0 bridgehead atoms. The first kappa shape index (κ1) is 17.9. The Morgan fingerprint density at radius 3 is 1.86 bits per heavy atom. The molecule has 0 saturated heterocycles. The molecule has 0 saturated carbocycles. The van der Waals surface area contributed by atoms with Crippen LogP contribution in [0.3, 0.4) is 0 Å². The van der Waals surface area contributed by atoms with Crippen LogP contribution < -0.4 is 4.74 Å². The first-order valence-electron chi connectivity index (χ1n) is 5.90. The molecule has 114 valence electrons. The SMILES string of the molecule is COc1cc(Br)c(C)cc1F.Cc1cc(F)c(O)cc1Br. The highest BCUT2D eigenvalue weighted by Gasteiger charge is 2.04. The van der Waals surface area contributed by atoms with E-state index in [2.05, 4.69) is 31.9 Å². The summed E-state index contributed by atoms with van der Waals surface area (Å²) in [5.74, 6) is -0.964. The smallest absolute Gasteiger partial charge is 0.165 e. The number of aryl methyl sites for hydroxylation is 2. The van der Waals surface area contributed by atoms with E-state index in [1.807, 2.05) is 6.92 Å². The molecule has 0 aliphatic carbocycles. The maximum absolute atomic E-state index is 12.9. The van der Waals surface area contributed by atoms with Crippen molar-refractivity contribution in [2.45, 2.75) is 13.8 Å². The third-order valence-corrected chi connectivity index (χ3v) is 4.37. The Hall–Kier alpha value is -1.14. The molecule has 0 spiro atoms. The summed E-state index contributed by atoms with van der Waals surface area (Å²) in [6, 6.07) is 5.66. The van der Waals surface area contributed by atoms with E-state index < -0.39 is 5.82 Å². The van der Waals surface area contributed by atoms with Crippen molar-refractivity contribution in [3.63, 3.8) is 0 Å². The summed E-state index contributed by atoms with van der Waals surface area (Å²) >= 11 is 6.43. The Bertz CT molecular complexity index is 596. The lowest BCUT2D eigenvalue weighted by molar-refractivity contribution is 0.386. The van der Waals surface area contributed by atoms with Gasteiger partial charge in [-0.05, 0) is 49.2 Å². The molecule has 2 aromatic carbocycles. The minimum Gasteiger partial charge on any atom is -0.505 e. The van der Waals surface area contributed by atoms with Crippen LogP contribution in [-0.2, 0) is 0 Å². The van der Waals surface area contributed by atoms with Gasteiger partial charge in [0.05, 0.1) is 7.11 Å². The number of halogens is 4. The fourth-order valence-corrected chi connectivity index (χ4v) is 2.07. The maximum Gasteiger partial charge on any atom is 0.165 e. The number of phenolic OH excluding ortho intramolecular Hbond substituents is 1. The predicted octanol–water partition coefficient (Wildman–Crippen LogP) is 5.51. The van der Waals surface area contributed by atoms with Gasteiger partial charge in [0.25, 0.3) is 0 Å². The highest BCUT2D eigenvalue weighted by Crippen LogP contribution is 2.25. The van der Waals surface area contributed by atoms with Gasteiger partial charge in [0.15, 0.2) is 23.1 Å². The molecule has 2 nitrogen and oxygen atoms in total. The minimum atomic E-state index is -0.583. The van der Waals surface area contributed by atoms with Crippen LogP contribution in [0.15, 0.2) is 33.2 Å². The van der Waals surface area contributed by atoms with Gasteiger partial charge in [0, 0.05) is 8.95 Å². The molecule has 0 heterocycles. The number of aromatic hydroxyl groups is 1. The van der Waals surface area contributed by atoms with Crippen molar-refractivity contribution in [1.29, 1.82) is 0 Å². The second-order valence-corrected chi connectivity index (χ2v) is 6.00. The summed E-state index contributed by atoms with van der Waals surface area (Å²) < 4.78 is 31.7. The lowest BCUT2D eigenvalue weighted by atomic mass is 10.2. The lowest BCUT2D eigenvalue weighted by Gasteiger charge is -2.03. The van der Waals surface area contributed by atoms with Crippen molar-refractivity contribution in [3.8, 4) is 11.5 Å². The Morgan fingerprint density at radius 1 is 0.905 bits per heavy atom. The number of hydrogen-bond acceptors (Lipinski definition) is 2. The summed E-state index contributed by atoms with van der Waals surface area (Å²) in [7, 11) is 1.44. The fourth-order valence-electron chi connectivity index (χ4n) is 1.42. The number of methoxy groups -OCH3 is 1. The molecular formula is C15H14Br2F2O2. The number of hydrogen-bond donors (Lipinski definition) is 1. The maximum atomic E-state index is 12.9. The largest absolute Gasteiger partial charge is 0.505 e. The highest BCUT2D eigenvalue weighted by molar-refractivity contribution is 9.10. The molecule has 21 heavy (non-hydrogen) atoms. The van der Waals surface area contributed by atoms with Gasteiger partial charge in [-0.15, -0.1) is 0 Å². The van der Waals surface area contributed by atoms with Gasteiger partial charge in [-0.3, -0.25) is 0 Å². The van der Waals surface area contributed by atoms with Crippen molar-refractivity contribution in [1.82, 2.24) is 0 Å². The lowest BCUT2D eigenvalue weighted by Crippen LogP contribution is -1.89. The summed E-state index contributed by atoms with van der Waals surface area (Å²) in [4.78, 5) is 0. The number of rotatable bonds is 1. The molecule has 0 fully saturated rings. The van der Waals surface area contributed by atoms with Crippen molar-refractivity contribution in [2.24, 2.45) is 0 Å². The average Bonchev–Trinajstić information content (AvgIpc) is 2.41. The molecule has 2 rings (SSSR count). The monoisotopic (exact) mass is 422 g/mol. The molecule has 6 heteroatoms. The summed E-state index contributed by atoms with van der Waals surface area (Å²) in [5.41, 5.74) is 1.64. The van der Waals surface area contributed by atoms with Gasteiger partial charge >= 0.3 is 0 Å². The molecule has 0 atom stereocenters. The van der Waals surface area contributed by atoms with Gasteiger partial charge in [-0.2, -0.15) is 0 Å². The van der Waals surface area contributed by atoms with E-state index in [0.717, 1.165) is 15.6 Å². The number of benzene rings is 2. The van der Waals surface area contributed by atoms with E-state index in [0.29, 0.717) is 4.47 Å². The van der Waals surface area contributed by atoms with Crippen molar-refractivity contribution < 1.29 is 18.6 Å². The van der Waals surface area contributed by atoms with Crippen LogP contribution >= 0.6 is 31.9 Å². The zero-order valence-electron chi connectivity index (χ0n) is 11.7. The fraction of sp³-hybridized carbons (Fsp3) is 0.200. The molecule has 1 N–H and O–H groups in total. The van der Waals surface area contributed by atoms with E-state index in [4.69, 9.17) is 9.84 Å². The summed E-state index contributed by atoms with van der Waals surface area (Å²) in [6.07, 6.45) is 0. The van der Waals surface area contributed by atoms with Gasteiger partial charge in [0.2, 0.25) is 0 Å². The zero-order valence-corrected chi connectivity index (χ0v) is 14.8. The van der Waals surface area contributed by atoms with Gasteiger partial charge in [-0.1, -0.05) is 31.9 Å². The van der Waals surface area contributed by atoms with E-state index in [1.165, 1.54) is 25.3 Å². The molecule has 0 amide bonds. The van der Waals surface area contributed by atoms with Crippen molar-refractivity contribution in [2.75, 3.05) is 7.11 Å². The van der Waals surface area contributed by atoms with E-state index >= 15 is 0 Å². The molecule has 0 unspecified atom stereocenters. The van der Waals surface area contributed by atoms with Crippen LogP contribution in [-0.4, -0.2) is 12.2 Å². The van der Waals surface area contributed by atoms with Gasteiger partial charge < -0.3 is 9.84 Å². The van der Waals surface area contributed by atoms with Gasteiger partial charge in [0.1, 0.15) is 0 Å². The molecule has 0 aliphatic heterocycles. The van der Waals surface area contributed by atoms with E-state index in [9.17, 15) is 8.78 Å². The number of ether oxygens (including phenoxy) is 1. The first-order valence-corrected chi connectivity index (χ1v) is 7.49. The van der Waals surface area contributed by atoms with Crippen molar-refractivity contribution >= 4 is 31.9 Å². The molecule has 0 aliphatic rings. The normalized spacial score (nSPS) is 9.86. The molecule has 2 aromatic rings. The predicted molar refractivity (Wildman–Crippen MR) is 85.9 cm³/mol. The van der Waals surface area contributed by atoms with E-state index in [1.54, 1.807) is 13.0 Å². The third-order valence-electron chi connectivity index (χ3n) is 2.66. The summed E-state index contributed by atoms with van der Waals surface area (Å²) in [6.45, 7) is 3.58. The summed E-state index contributed by atoms with van der Waals surface area (Å²) in [5, 5.41) is 8.82. The third kappa shape index (κ3) is 4.97. The number of phenols is 1. The van der Waals surface area contributed by atoms with Crippen molar-refractivity contribution in [3.05, 3.63) is 56.0 Å². The molecule has 0 radical (unpaired) electrons. The highest BCUT2D eigenvalue weighted by atomic mass is 79.9. The minimum absolute atomic E-state index is 0.266. The Morgan fingerprint density at radius 2 is 1.38 bits per heavy atom. The van der Waals surface area contributed by atoms with E-state index in [-0.39, 0.29) is 17.3 Å². The second kappa shape index (κ2) is 7.75. The van der Waals surface area contributed by atoms with Crippen LogP contribution in [0.2, 0.25) is 0 Å². The van der Waals surface area contributed by atoms with Crippen LogP contribution in [0.4, 0.5) is 8.78 Å². The topological polar surface area (TPSA) is 29.5 Å². The quantitative estimate of drug-likeness (QED) is 0.655. The van der Waals surface area contributed by atoms with Crippen LogP contribution in [0.1, 0.15) is 11.1 Å². The average molecular weight is 424 g/mol. The van der Waals surface area contributed by atoms with Crippen LogP contribution in [0, 0.1) is 25.5 Å². The first-order chi connectivity index (χ1) is 9.76. The Balaban J connectivity index is 0.000000211.